The van der Waals surface area contributed by atoms with Crippen LogP contribution >= 0.6 is 0 Å². The van der Waals surface area contributed by atoms with Crippen molar-refractivity contribution in [2.45, 2.75) is 6.92 Å². The molecular weight excluding hydrogens is 270 g/mol. The van der Waals surface area contributed by atoms with Crippen molar-refractivity contribution in [1.82, 2.24) is 9.97 Å². The Morgan fingerprint density at radius 2 is 1.95 bits per heavy atom. The summed E-state index contributed by atoms with van der Waals surface area (Å²) in [7, 11) is 0. The van der Waals surface area contributed by atoms with Crippen LogP contribution in [0.1, 0.15) is 5.56 Å². The average molecular weight is 281 g/mol. The van der Waals surface area contributed by atoms with Gasteiger partial charge in [-0.3, -0.25) is 10.1 Å². The summed E-state index contributed by atoms with van der Waals surface area (Å²) in [5.41, 5.74) is 1.50. The molecule has 0 saturated heterocycles. The van der Waals surface area contributed by atoms with Gasteiger partial charge in [0.1, 0.15) is 6.33 Å². The summed E-state index contributed by atoms with van der Waals surface area (Å²) in [6.45, 7) is 1.84. The largest absolute Gasteiger partial charge is 0.431 e. The minimum atomic E-state index is -0.474. The second-order valence-electron chi connectivity index (χ2n) is 4.53. The second kappa shape index (κ2) is 5.16. The molecular formula is C15H11N3O3. The fourth-order valence-corrected chi connectivity index (χ4v) is 2.02. The molecule has 1 heterocycles. The first-order valence-corrected chi connectivity index (χ1v) is 6.28. The molecule has 6 heteroatoms. The van der Waals surface area contributed by atoms with Crippen LogP contribution < -0.4 is 4.74 Å². The summed E-state index contributed by atoms with van der Waals surface area (Å²) in [5.74, 6) is 0.471. The van der Waals surface area contributed by atoms with Gasteiger partial charge in [0, 0.05) is 6.07 Å². The summed E-state index contributed by atoms with van der Waals surface area (Å²) in [6.07, 6.45) is 1.37. The van der Waals surface area contributed by atoms with Gasteiger partial charge in [0.2, 0.25) is 11.6 Å². The van der Waals surface area contributed by atoms with Crippen molar-refractivity contribution in [1.29, 1.82) is 0 Å². The first-order valence-electron chi connectivity index (χ1n) is 6.28. The van der Waals surface area contributed by atoms with E-state index in [9.17, 15) is 10.1 Å². The molecule has 0 radical (unpaired) electrons. The Morgan fingerprint density at radius 1 is 1.14 bits per heavy atom. The van der Waals surface area contributed by atoms with Crippen LogP contribution in [0.4, 0.5) is 5.69 Å². The van der Waals surface area contributed by atoms with Crippen LogP contribution in [0.5, 0.6) is 11.6 Å². The minimum Gasteiger partial charge on any atom is -0.431 e. The van der Waals surface area contributed by atoms with E-state index in [1.54, 1.807) is 12.1 Å². The summed E-state index contributed by atoms with van der Waals surface area (Å²) in [5, 5.41) is 11.8. The third kappa shape index (κ3) is 2.51. The van der Waals surface area contributed by atoms with E-state index >= 15 is 0 Å². The molecule has 0 spiro atoms. The molecule has 0 amide bonds. The predicted octanol–water partition coefficient (Wildman–Crippen LogP) is 3.64. The van der Waals surface area contributed by atoms with Crippen molar-refractivity contribution in [3.63, 3.8) is 0 Å². The van der Waals surface area contributed by atoms with E-state index in [-0.39, 0.29) is 11.4 Å². The number of ether oxygens (including phenoxy) is 1. The molecule has 0 fully saturated rings. The Labute approximate surface area is 120 Å². The molecule has 0 atom stereocenters. The normalized spacial score (nSPS) is 10.5. The van der Waals surface area contributed by atoms with E-state index < -0.39 is 4.92 Å². The van der Waals surface area contributed by atoms with E-state index in [0.29, 0.717) is 11.3 Å². The number of nitro benzene ring substituents is 1. The number of hydrogen-bond acceptors (Lipinski definition) is 5. The maximum absolute atomic E-state index is 11.1. The van der Waals surface area contributed by atoms with Gasteiger partial charge < -0.3 is 4.74 Å². The Hall–Kier alpha value is -3.02. The number of nitro groups is 1. The molecule has 0 aliphatic heterocycles. The maximum Gasteiger partial charge on any atom is 0.311 e. The third-order valence-electron chi connectivity index (χ3n) is 3.02. The number of fused-ring (bicyclic) bond motifs is 1. The van der Waals surface area contributed by atoms with Crippen LogP contribution in [0, 0.1) is 17.0 Å². The highest BCUT2D eigenvalue weighted by Gasteiger charge is 2.17. The van der Waals surface area contributed by atoms with Crippen molar-refractivity contribution in [2.24, 2.45) is 0 Å². The zero-order valence-corrected chi connectivity index (χ0v) is 11.2. The van der Waals surface area contributed by atoms with Gasteiger partial charge in [0.05, 0.1) is 15.8 Å². The summed E-state index contributed by atoms with van der Waals surface area (Å²) in [6, 6.07) is 12.0. The smallest absolute Gasteiger partial charge is 0.311 e. The highest BCUT2D eigenvalue weighted by Crippen LogP contribution is 2.33. The molecule has 0 N–H and O–H groups in total. The number of aryl methyl sites for hydroxylation is 1. The monoisotopic (exact) mass is 281 g/mol. The lowest BCUT2D eigenvalue weighted by molar-refractivity contribution is -0.385. The zero-order chi connectivity index (χ0) is 14.8. The van der Waals surface area contributed by atoms with E-state index in [4.69, 9.17) is 4.74 Å². The topological polar surface area (TPSA) is 78.2 Å². The highest BCUT2D eigenvalue weighted by atomic mass is 16.6. The van der Waals surface area contributed by atoms with Crippen LogP contribution in [0.15, 0.2) is 48.8 Å². The Morgan fingerprint density at radius 3 is 2.76 bits per heavy atom. The molecule has 6 nitrogen and oxygen atoms in total. The fourth-order valence-electron chi connectivity index (χ4n) is 2.02. The SMILES string of the molecule is Cc1ccc([N+](=O)[O-])c(Oc2ncnc3ccccc23)c1. The van der Waals surface area contributed by atoms with Crippen LogP contribution in [0.3, 0.4) is 0 Å². The lowest BCUT2D eigenvalue weighted by Crippen LogP contribution is -1.96. The van der Waals surface area contributed by atoms with Crippen molar-refractivity contribution in [3.05, 3.63) is 64.5 Å². The molecule has 0 bridgehead atoms. The highest BCUT2D eigenvalue weighted by molar-refractivity contribution is 5.83. The van der Waals surface area contributed by atoms with Crippen LogP contribution in [0.25, 0.3) is 10.9 Å². The molecule has 1 aromatic heterocycles. The molecule has 3 rings (SSSR count). The summed E-state index contributed by atoms with van der Waals surface area (Å²) in [4.78, 5) is 18.8. The standard InChI is InChI=1S/C15H11N3O3/c1-10-6-7-13(18(19)20)14(8-10)21-15-11-4-2-3-5-12(11)16-9-17-15/h2-9H,1H3. The van der Waals surface area contributed by atoms with Crippen LogP contribution in [0.2, 0.25) is 0 Å². The molecule has 0 unspecified atom stereocenters. The van der Waals surface area contributed by atoms with Gasteiger partial charge in [-0.05, 0) is 30.7 Å². The molecule has 2 aromatic carbocycles. The number of benzene rings is 2. The Kier molecular flexibility index (Phi) is 3.19. The Bertz CT molecular complexity index is 828. The number of nitrogens with zero attached hydrogens (tertiary/aromatic N) is 3. The lowest BCUT2D eigenvalue weighted by Gasteiger charge is -2.08. The first kappa shape index (κ1) is 13.0. The average Bonchev–Trinajstić information content (AvgIpc) is 2.47. The van der Waals surface area contributed by atoms with Gasteiger partial charge in [-0.1, -0.05) is 18.2 Å². The van der Waals surface area contributed by atoms with E-state index in [1.807, 2.05) is 31.2 Å². The molecule has 104 valence electrons. The zero-order valence-electron chi connectivity index (χ0n) is 11.2. The van der Waals surface area contributed by atoms with E-state index in [1.165, 1.54) is 12.4 Å². The third-order valence-corrected chi connectivity index (χ3v) is 3.02. The van der Waals surface area contributed by atoms with Crippen molar-refractivity contribution in [2.75, 3.05) is 0 Å². The van der Waals surface area contributed by atoms with Gasteiger partial charge in [-0.15, -0.1) is 0 Å². The van der Waals surface area contributed by atoms with E-state index in [2.05, 4.69) is 9.97 Å². The van der Waals surface area contributed by atoms with E-state index in [0.717, 1.165) is 11.1 Å². The molecule has 0 aliphatic carbocycles. The Balaban J connectivity index is 2.11. The van der Waals surface area contributed by atoms with Crippen LogP contribution in [-0.4, -0.2) is 14.9 Å². The summed E-state index contributed by atoms with van der Waals surface area (Å²) >= 11 is 0. The maximum atomic E-state index is 11.1. The number of para-hydroxylation sites is 1. The van der Waals surface area contributed by atoms with Crippen molar-refractivity contribution < 1.29 is 9.66 Å². The van der Waals surface area contributed by atoms with Gasteiger partial charge >= 0.3 is 5.69 Å². The second-order valence-corrected chi connectivity index (χ2v) is 4.53. The van der Waals surface area contributed by atoms with Gasteiger partial charge in [0.15, 0.2) is 0 Å². The lowest BCUT2D eigenvalue weighted by atomic mass is 10.2. The molecule has 0 saturated carbocycles. The molecule has 0 aliphatic rings. The van der Waals surface area contributed by atoms with Crippen molar-refractivity contribution in [3.8, 4) is 11.6 Å². The van der Waals surface area contributed by atoms with Crippen LogP contribution in [-0.2, 0) is 0 Å². The first-order chi connectivity index (χ1) is 10.1. The molecule has 21 heavy (non-hydrogen) atoms. The summed E-state index contributed by atoms with van der Waals surface area (Å²) < 4.78 is 5.67. The fraction of sp³-hybridized carbons (Fsp3) is 0.0667. The van der Waals surface area contributed by atoms with Crippen molar-refractivity contribution >= 4 is 16.6 Å². The number of hydrogen-bond donors (Lipinski definition) is 0. The number of aromatic nitrogens is 2. The number of rotatable bonds is 3. The minimum absolute atomic E-state index is 0.0942. The van der Waals surface area contributed by atoms with Gasteiger partial charge in [-0.25, -0.2) is 9.97 Å². The molecule has 3 aromatic rings. The quantitative estimate of drug-likeness (QED) is 0.541. The van der Waals surface area contributed by atoms with Gasteiger partial charge in [0.25, 0.3) is 0 Å². The van der Waals surface area contributed by atoms with Gasteiger partial charge in [-0.2, -0.15) is 0 Å². The predicted molar refractivity (Wildman–Crippen MR) is 77.4 cm³/mol.